The van der Waals surface area contributed by atoms with E-state index in [9.17, 15) is 0 Å². The highest BCUT2D eigenvalue weighted by molar-refractivity contribution is 5.86. The van der Waals surface area contributed by atoms with Crippen molar-refractivity contribution in [2.24, 2.45) is 0 Å². The first-order valence-electron chi connectivity index (χ1n) is 21.0. The lowest BCUT2D eigenvalue weighted by Gasteiger charge is -2.29. The van der Waals surface area contributed by atoms with Gasteiger partial charge in [0.2, 0.25) is 0 Å². The third-order valence-electron chi connectivity index (χ3n) is 11.6. The normalized spacial score (nSPS) is 12.9. The summed E-state index contributed by atoms with van der Waals surface area (Å²) in [4.78, 5) is 4.72. The van der Waals surface area contributed by atoms with E-state index in [1.165, 1.54) is 50.2 Å². The molecule has 2 nitrogen and oxygen atoms in total. The van der Waals surface area contributed by atoms with E-state index in [2.05, 4.69) is 228 Å². The zero-order valence-electron chi connectivity index (χ0n) is 33.5. The van der Waals surface area contributed by atoms with Crippen molar-refractivity contribution in [1.82, 2.24) is 0 Å². The van der Waals surface area contributed by atoms with Crippen molar-refractivity contribution in [3.8, 4) is 33.4 Å². The Morgan fingerprint density at radius 1 is 0.383 bits per heavy atom. The summed E-state index contributed by atoms with van der Waals surface area (Å²) in [7, 11) is 0. The summed E-state index contributed by atoms with van der Waals surface area (Å²) in [6, 6.07) is 74.1. The number of para-hydroxylation sites is 1. The van der Waals surface area contributed by atoms with Gasteiger partial charge in [-0.1, -0.05) is 140 Å². The summed E-state index contributed by atoms with van der Waals surface area (Å²) in [6.07, 6.45) is 15.8. The minimum absolute atomic E-state index is 1.07. The number of allylic oxidation sites excluding steroid dienone is 5. The fourth-order valence-corrected chi connectivity index (χ4v) is 8.54. The molecule has 0 bridgehead atoms. The molecule has 286 valence electrons. The van der Waals surface area contributed by atoms with Crippen LogP contribution in [0.2, 0.25) is 0 Å². The minimum atomic E-state index is 1.07. The molecule has 0 heterocycles. The van der Waals surface area contributed by atoms with E-state index in [0.29, 0.717) is 0 Å². The fraction of sp³-hybridized carbons (Fsp3) is 0.0690. The van der Waals surface area contributed by atoms with Crippen molar-refractivity contribution >= 4 is 45.8 Å². The molecule has 2 heteroatoms. The number of aryl methyl sites for hydroxylation is 1. The third kappa shape index (κ3) is 7.58. The summed E-state index contributed by atoms with van der Waals surface area (Å²) in [6.45, 7) is 0. The Kier molecular flexibility index (Phi) is 10.2. The Labute approximate surface area is 354 Å². The van der Waals surface area contributed by atoms with Crippen LogP contribution in [0.3, 0.4) is 0 Å². The van der Waals surface area contributed by atoms with Crippen LogP contribution in [-0.2, 0) is 6.42 Å². The number of nitrogens with zero attached hydrogens (tertiary/aromatic N) is 2. The summed E-state index contributed by atoms with van der Waals surface area (Å²) >= 11 is 0. The van der Waals surface area contributed by atoms with Crippen LogP contribution in [0, 0.1) is 12.1 Å². The molecule has 0 unspecified atom stereocenters. The minimum Gasteiger partial charge on any atom is -0.311 e. The van der Waals surface area contributed by atoms with Crippen molar-refractivity contribution in [1.29, 1.82) is 0 Å². The highest BCUT2D eigenvalue weighted by Crippen LogP contribution is 2.41. The molecule has 60 heavy (non-hydrogen) atoms. The second-order valence-corrected chi connectivity index (χ2v) is 15.4. The zero-order valence-corrected chi connectivity index (χ0v) is 33.5. The summed E-state index contributed by atoms with van der Waals surface area (Å²) in [5, 5.41) is 0. The average molecular weight is 769 g/mol. The molecule has 0 spiro atoms. The van der Waals surface area contributed by atoms with Crippen LogP contribution >= 0.6 is 0 Å². The number of hydrogen-bond acceptors (Lipinski definition) is 2. The predicted molar refractivity (Wildman–Crippen MR) is 253 cm³/mol. The number of hydrogen-bond donors (Lipinski definition) is 0. The maximum absolute atomic E-state index is 3.09. The van der Waals surface area contributed by atoms with Gasteiger partial charge in [-0.15, -0.1) is 0 Å². The maximum atomic E-state index is 3.09. The van der Waals surface area contributed by atoms with Crippen LogP contribution in [0.25, 0.3) is 45.0 Å². The lowest BCUT2D eigenvalue weighted by atomic mass is 9.94. The van der Waals surface area contributed by atoms with Crippen LogP contribution in [0.4, 0.5) is 34.1 Å². The zero-order chi connectivity index (χ0) is 40.1. The second-order valence-electron chi connectivity index (χ2n) is 15.4. The highest BCUT2D eigenvalue weighted by Gasteiger charge is 2.19. The molecule has 0 aromatic heterocycles. The molecule has 8 aromatic carbocycles. The molecular weight excluding hydrogens is 725 g/mol. The second kappa shape index (κ2) is 16.7. The number of rotatable bonds is 10. The quantitative estimate of drug-likeness (QED) is 0.137. The van der Waals surface area contributed by atoms with Crippen molar-refractivity contribution in [3.63, 3.8) is 0 Å². The van der Waals surface area contributed by atoms with Gasteiger partial charge in [0.25, 0.3) is 0 Å². The first kappa shape index (κ1) is 36.7. The van der Waals surface area contributed by atoms with E-state index < -0.39 is 0 Å². The molecule has 0 saturated heterocycles. The maximum Gasteiger partial charge on any atom is 0.0536 e. The Bertz CT molecular complexity index is 2810. The molecule has 0 aliphatic heterocycles. The molecular formula is C58H44N2. The molecule has 0 fully saturated rings. The first-order valence-corrected chi connectivity index (χ1v) is 21.0. The average Bonchev–Trinajstić information content (AvgIpc) is 3.34. The lowest BCUT2D eigenvalue weighted by Crippen LogP contribution is -2.12. The fourth-order valence-electron chi connectivity index (χ4n) is 8.54. The number of fused-ring (bicyclic) bond motifs is 1. The number of anilines is 6. The van der Waals surface area contributed by atoms with Gasteiger partial charge in [-0.2, -0.15) is 0 Å². The molecule has 0 radical (unpaired) electrons. The number of benzene rings is 7. The van der Waals surface area contributed by atoms with Gasteiger partial charge in [0.1, 0.15) is 0 Å². The molecule has 10 rings (SSSR count). The van der Waals surface area contributed by atoms with Gasteiger partial charge < -0.3 is 9.80 Å². The van der Waals surface area contributed by atoms with Gasteiger partial charge in [-0.3, -0.25) is 0 Å². The Morgan fingerprint density at radius 2 is 0.950 bits per heavy atom. The molecule has 0 N–H and O–H groups in total. The van der Waals surface area contributed by atoms with Crippen molar-refractivity contribution < 1.29 is 0 Å². The van der Waals surface area contributed by atoms with Crippen LogP contribution in [0.1, 0.15) is 36.0 Å². The highest BCUT2D eigenvalue weighted by atomic mass is 15.1. The Morgan fingerprint density at radius 3 is 1.55 bits per heavy atom. The van der Waals surface area contributed by atoms with Gasteiger partial charge in [0.15, 0.2) is 0 Å². The standard InChI is InChI=1S/C58H44N2/c1-4-14-43(15-5-1)45-26-34-53(35-27-45)59(54-36-28-46(29-37-54)44-16-6-2-7-17-44)55-38-30-47(31-39-55)50-20-12-21-51(42-50)48-32-40-56(41-33-48)60(52-22-8-3-9-23-52)58-25-13-19-49-18-10-11-24-57(49)58/h3-4,6,8-9,11-17,19-42H,1,5,10,18H2. The Hall–Kier alpha value is -7.60. The molecule has 8 aromatic rings. The van der Waals surface area contributed by atoms with E-state index >= 15 is 0 Å². The van der Waals surface area contributed by atoms with E-state index in [-0.39, 0.29) is 0 Å². The van der Waals surface area contributed by atoms with Gasteiger partial charge in [-0.05, 0) is 167 Å². The van der Waals surface area contributed by atoms with Gasteiger partial charge in [0.05, 0.1) is 5.69 Å². The lowest BCUT2D eigenvalue weighted by molar-refractivity contribution is 0.984. The van der Waals surface area contributed by atoms with Crippen LogP contribution in [-0.4, -0.2) is 0 Å². The van der Waals surface area contributed by atoms with Crippen molar-refractivity contribution in [3.05, 3.63) is 241 Å². The van der Waals surface area contributed by atoms with E-state index in [1.807, 2.05) is 12.1 Å². The van der Waals surface area contributed by atoms with Crippen molar-refractivity contribution in [2.75, 3.05) is 9.80 Å². The molecule has 2 aliphatic carbocycles. The largest absolute Gasteiger partial charge is 0.311 e. The molecule has 0 amide bonds. The molecule has 0 saturated carbocycles. The van der Waals surface area contributed by atoms with Gasteiger partial charge in [0, 0.05) is 34.0 Å². The summed E-state index contributed by atoms with van der Waals surface area (Å²) < 4.78 is 0. The van der Waals surface area contributed by atoms with Gasteiger partial charge >= 0.3 is 0 Å². The van der Waals surface area contributed by atoms with Crippen LogP contribution in [0.15, 0.2) is 212 Å². The smallest absolute Gasteiger partial charge is 0.0536 e. The molecule has 2 aliphatic rings. The Balaban J connectivity index is 0.945. The SMILES string of the molecule is c1ccc(-c2ccc(N(c3ccc(C4=CCCC=C4)cc3)c3ccc(-c4cccc(-c5ccc(N(c6ccccc6)c6cccc7c6C=CCC7)cc5)c4)cc3)cc2)cc#1. The van der Waals surface area contributed by atoms with E-state index in [0.717, 1.165) is 65.2 Å². The first-order chi connectivity index (χ1) is 29.7. The molecule has 0 atom stereocenters. The third-order valence-corrected chi connectivity index (χ3v) is 11.6. The monoisotopic (exact) mass is 768 g/mol. The predicted octanol–water partition coefficient (Wildman–Crippen LogP) is 15.9. The van der Waals surface area contributed by atoms with Crippen LogP contribution < -0.4 is 9.80 Å². The summed E-state index contributed by atoms with van der Waals surface area (Å²) in [5.74, 6) is 0. The van der Waals surface area contributed by atoms with E-state index in [1.54, 1.807) is 0 Å². The van der Waals surface area contributed by atoms with Crippen molar-refractivity contribution in [2.45, 2.75) is 25.7 Å². The topological polar surface area (TPSA) is 6.48 Å². The van der Waals surface area contributed by atoms with Gasteiger partial charge in [-0.25, -0.2) is 0 Å². The summed E-state index contributed by atoms with van der Waals surface area (Å²) in [5.41, 5.74) is 19.1. The van der Waals surface area contributed by atoms with Crippen LogP contribution in [0.5, 0.6) is 0 Å². The van der Waals surface area contributed by atoms with E-state index in [4.69, 9.17) is 0 Å².